The van der Waals surface area contributed by atoms with Gasteiger partial charge in [0, 0.05) is 22.4 Å². The number of benzene rings is 2. The van der Waals surface area contributed by atoms with E-state index >= 15 is 0 Å². The molecule has 9 heteroatoms. The minimum atomic E-state index is -0.454. The maximum atomic E-state index is 13.9. The first-order chi connectivity index (χ1) is 14.8. The molecule has 0 saturated carbocycles. The van der Waals surface area contributed by atoms with Crippen molar-refractivity contribution in [1.82, 2.24) is 9.78 Å². The number of ether oxygens (including phenoxy) is 3. The lowest BCUT2D eigenvalue weighted by Gasteiger charge is -2.20. The van der Waals surface area contributed by atoms with E-state index in [0.29, 0.717) is 32.6 Å². The van der Waals surface area contributed by atoms with E-state index in [-0.39, 0.29) is 26.4 Å². The molecule has 2 heterocycles. The molecule has 0 atom stereocenters. The Morgan fingerprint density at radius 2 is 2.03 bits per heavy atom. The predicted octanol–water partition coefficient (Wildman–Crippen LogP) is 5.09. The van der Waals surface area contributed by atoms with Crippen molar-refractivity contribution >= 4 is 29.2 Å². The van der Waals surface area contributed by atoms with Gasteiger partial charge >= 0.3 is 5.97 Å². The number of esters is 1. The summed E-state index contributed by atoms with van der Waals surface area (Å²) in [6.45, 7) is 3.91. The van der Waals surface area contributed by atoms with Crippen molar-refractivity contribution in [3.05, 3.63) is 74.3 Å². The lowest BCUT2D eigenvalue weighted by atomic mass is 10.1. The van der Waals surface area contributed by atoms with E-state index in [0.717, 1.165) is 16.9 Å². The van der Waals surface area contributed by atoms with Crippen LogP contribution in [0.3, 0.4) is 0 Å². The fourth-order valence-corrected chi connectivity index (χ4v) is 3.81. The van der Waals surface area contributed by atoms with Crippen molar-refractivity contribution < 1.29 is 23.4 Å². The molecule has 31 heavy (non-hydrogen) atoms. The van der Waals surface area contributed by atoms with Crippen LogP contribution in [0.4, 0.5) is 4.39 Å². The molecule has 0 bridgehead atoms. The minimum Gasteiger partial charge on any atom is -0.467 e. The number of hydrogen-bond donors (Lipinski definition) is 0. The van der Waals surface area contributed by atoms with Gasteiger partial charge < -0.3 is 14.2 Å². The second-order valence-electron chi connectivity index (χ2n) is 7.16. The Balaban J connectivity index is 1.49. The molecule has 0 radical (unpaired) electrons. The Bertz CT molecular complexity index is 1160. The van der Waals surface area contributed by atoms with Crippen LogP contribution >= 0.6 is 23.2 Å². The van der Waals surface area contributed by atoms with Crippen LogP contribution < -0.4 is 4.74 Å². The third-order valence-corrected chi connectivity index (χ3v) is 5.79. The summed E-state index contributed by atoms with van der Waals surface area (Å²) < 4.78 is 31.6. The molecule has 4 rings (SSSR count). The van der Waals surface area contributed by atoms with Gasteiger partial charge in [-0.25, -0.2) is 9.07 Å². The Hall–Kier alpha value is -2.61. The zero-order valence-electron chi connectivity index (χ0n) is 16.9. The Kier molecular flexibility index (Phi) is 6.18. The molecule has 2 aromatic carbocycles. The first-order valence-electron chi connectivity index (χ1n) is 9.51. The van der Waals surface area contributed by atoms with Crippen molar-refractivity contribution in [2.24, 2.45) is 0 Å². The standard InChI is InChI=1S/C22H19Cl2FN2O4/c1-12-18(13(2)27(26-12)17-3-4-19(23)20(24)7-17)8-21(28)30-10-15-6-16(25)5-14-9-29-11-31-22(14)15/h3-7H,8-11H2,1-2H3. The van der Waals surface area contributed by atoms with Crippen molar-refractivity contribution in [1.29, 1.82) is 0 Å². The SMILES string of the molecule is Cc1nn(-c2ccc(Cl)c(Cl)c2)c(C)c1CC(=O)OCc1cc(F)cc2c1OCOC2. The average molecular weight is 465 g/mol. The van der Waals surface area contributed by atoms with Gasteiger partial charge in [0.05, 0.1) is 34.5 Å². The monoisotopic (exact) mass is 464 g/mol. The van der Waals surface area contributed by atoms with E-state index in [4.69, 9.17) is 37.4 Å². The van der Waals surface area contributed by atoms with Crippen molar-refractivity contribution in [2.75, 3.05) is 6.79 Å². The third-order valence-electron chi connectivity index (χ3n) is 5.05. The van der Waals surface area contributed by atoms with Crippen LogP contribution in [0.25, 0.3) is 5.69 Å². The van der Waals surface area contributed by atoms with Crippen LogP contribution in [0.5, 0.6) is 5.75 Å². The number of aryl methyl sites for hydroxylation is 1. The maximum Gasteiger partial charge on any atom is 0.310 e. The summed E-state index contributed by atoms with van der Waals surface area (Å²) in [6.07, 6.45) is 0.0282. The summed E-state index contributed by atoms with van der Waals surface area (Å²) in [7, 11) is 0. The van der Waals surface area contributed by atoms with Crippen molar-refractivity contribution in [3.8, 4) is 11.4 Å². The average Bonchev–Trinajstić information content (AvgIpc) is 3.02. The van der Waals surface area contributed by atoms with Crippen LogP contribution in [0.1, 0.15) is 28.1 Å². The molecule has 1 aromatic heterocycles. The van der Waals surface area contributed by atoms with Crippen molar-refractivity contribution in [3.63, 3.8) is 0 Å². The molecule has 3 aromatic rings. The number of halogens is 3. The number of carbonyl (C=O) groups is 1. The molecule has 0 N–H and O–H groups in total. The quantitative estimate of drug-likeness (QED) is 0.492. The van der Waals surface area contributed by atoms with Gasteiger partial charge in [-0.15, -0.1) is 0 Å². The first kappa shape index (κ1) is 21.6. The fourth-order valence-electron chi connectivity index (χ4n) is 3.52. The van der Waals surface area contributed by atoms with E-state index in [9.17, 15) is 9.18 Å². The summed E-state index contributed by atoms with van der Waals surface area (Å²) in [6, 6.07) is 7.85. The molecule has 1 aliphatic heterocycles. The van der Waals surface area contributed by atoms with Gasteiger partial charge in [-0.05, 0) is 44.2 Å². The largest absolute Gasteiger partial charge is 0.467 e. The molecule has 0 amide bonds. The first-order valence-corrected chi connectivity index (χ1v) is 10.3. The predicted molar refractivity (Wildman–Crippen MR) is 113 cm³/mol. The molecular formula is C22H19Cl2FN2O4. The summed E-state index contributed by atoms with van der Waals surface area (Å²) in [5.74, 6) is -0.390. The second kappa shape index (κ2) is 8.86. The van der Waals surface area contributed by atoms with Gasteiger partial charge in [0.25, 0.3) is 0 Å². The highest BCUT2D eigenvalue weighted by molar-refractivity contribution is 6.42. The molecule has 0 unspecified atom stereocenters. The number of nitrogens with zero attached hydrogens (tertiary/aromatic N) is 2. The highest BCUT2D eigenvalue weighted by Gasteiger charge is 2.20. The molecule has 0 spiro atoms. The summed E-state index contributed by atoms with van der Waals surface area (Å²) in [5.41, 5.74) is 4.03. The van der Waals surface area contributed by atoms with Gasteiger partial charge in [-0.3, -0.25) is 4.79 Å². The maximum absolute atomic E-state index is 13.9. The molecule has 0 fully saturated rings. The van der Waals surface area contributed by atoms with Crippen molar-refractivity contribution in [2.45, 2.75) is 33.5 Å². The van der Waals surface area contributed by atoms with Gasteiger partial charge in [0.2, 0.25) is 0 Å². The summed E-state index contributed by atoms with van der Waals surface area (Å²) in [5, 5.41) is 5.38. The highest BCUT2D eigenvalue weighted by atomic mass is 35.5. The smallest absolute Gasteiger partial charge is 0.310 e. The number of carbonyl (C=O) groups excluding carboxylic acids is 1. The van der Waals surface area contributed by atoms with Crippen LogP contribution in [0, 0.1) is 19.7 Å². The van der Waals surface area contributed by atoms with Gasteiger partial charge in [-0.2, -0.15) is 5.10 Å². The van der Waals surface area contributed by atoms with E-state index in [1.165, 1.54) is 12.1 Å². The van der Waals surface area contributed by atoms with Gasteiger partial charge in [-0.1, -0.05) is 23.2 Å². The molecule has 1 aliphatic rings. The molecule has 0 aliphatic carbocycles. The zero-order valence-corrected chi connectivity index (χ0v) is 18.4. The van der Waals surface area contributed by atoms with Gasteiger partial charge in [0.1, 0.15) is 18.2 Å². The minimum absolute atomic E-state index is 0.0282. The van der Waals surface area contributed by atoms with Crippen LogP contribution in [-0.4, -0.2) is 22.5 Å². The van der Waals surface area contributed by atoms with Crippen LogP contribution in [0.2, 0.25) is 10.0 Å². The van der Waals surface area contributed by atoms with E-state index in [1.807, 2.05) is 13.8 Å². The lowest BCUT2D eigenvalue weighted by Crippen LogP contribution is -2.15. The lowest BCUT2D eigenvalue weighted by molar-refractivity contribution is -0.144. The topological polar surface area (TPSA) is 62.6 Å². The number of fused-ring (bicyclic) bond motifs is 1. The van der Waals surface area contributed by atoms with E-state index in [2.05, 4.69) is 5.10 Å². The summed E-state index contributed by atoms with van der Waals surface area (Å²) >= 11 is 12.1. The Morgan fingerprint density at radius 1 is 1.23 bits per heavy atom. The number of aromatic nitrogens is 2. The summed E-state index contributed by atoms with van der Waals surface area (Å²) in [4.78, 5) is 12.5. The highest BCUT2D eigenvalue weighted by Crippen LogP contribution is 2.30. The third kappa shape index (κ3) is 4.54. The fraction of sp³-hybridized carbons (Fsp3) is 0.273. The van der Waals surface area contributed by atoms with E-state index < -0.39 is 11.8 Å². The van der Waals surface area contributed by atoms with Crippen LogP contribution in [0.15, 0.2) is 30.3 Å². The Labute approximate surface area is 188 Å². The Morgan fingerprint density at radius 3 is 2.81 bits per heavy atom. The molecule has 6 nitrogen and oxygen atoms in total. The van der Waals surface area contributed by atoms with Gasteiger partial charge in [0.15, 0.2) is 6.79 Å². The normalized spacial score (nSPS) is 12.9. The second-order valence-corrected chi connectivity index (χ2v) is 7.98. The molecule has 162 valence electrons. The molecular weight excluding hydrogens is 446 g/mol. The number of hydrogen-bond acceptors (Lipinski definition) is 5. The van der Waals surface area contributed by atoms with E-state index in [1.54, 1.807) is 22.9 Å². The van der Waals surface area contributed by atoms with Crippen LogP contribution in [-0.2, 0) is 33.9 Å². The number of rotatable bonds is 5. The zero-order chi connectivity index (χ0) is 22.1. The molecule has 0 saturated heterocycles.